The molecule has 220 valence electrons. The molecule has 4 rings (SSSR count). The van der Waals surface area contributed by atoms with Crippen LogP contribution >= 0.6 is 23.2 Å². The number of likely N-dealkylation sites (tertiary alicyclic amines) is 1. The van der Waals surface area contributed by atoms with Crippen LogP contribution in [-0.2, 0) is 35.4 Å². The van der Waals surface area contributed by atoms with E-state index in [2.05, 4.69) is 10.6 Å². The van der Waals surface area contributed by atoms with Crippen LogP contribution in [0.4, 0.5) is 0 Å². The fourth-order valence-corrected chi connectivity index (χ4v) is 7.15. The number of halogens is 2. The molecular weight excluding hydrogens is 585 g/mol. The quantitative estimate of drug-likeness (QED) is 0.369. The molecule has 2 aromatic rings. The van der Waals surface area contributed by atoms with E-state index >= 15 is 0 Å². The second-order valence-electron chi connectivity index (χ2n) is 11.1. The average Bonchev–Trinajstić information content (AvgIpc) is 3.65. The number of nitrogens with one attached hydrogen (secondary N) is 2. The van der Waals surface area contributed by atoms with Crippen molar-refractivity contribution in [3.63, 3.8) is 0 Å². The first-order valence-corrected chi connectivity index (χ1v) is 15.8. The Morgan fingerprint density at radius 3 is 2.29 bits per heavy atom. The topological polar surface area (TPSA) is 113 Å². The first kappa shape index (κ1) is 31.2. The predicted octanol–water partition coefficient (Wildman–Crippen LogP) is 4.04. The highest BCUT2D eigenvalue weighted by Crippen LogP contribution is 2.51. The van der Waals surface area contributed by atoms with Gasteiger partial charge in [0.05, 0.1) is 37.4 Å². The van der Waals surface area contributed by atoms with Crippen molar-refractivity contribution >= 4 is 57.5 Å². The van der Waals surface area contributed by atoms with Crippen LogP contribution in [0, 0.1) is 5.92 Å². The van der Waals surface area contributed by atoms with Crippen molar-refractivity contribution in [2.24, 2.45) is 5.92 Å². The third-order valence-corrected chi connectivity index (χ3v) is 10.1. The molecule has 0 radical (unpaired) electrons. The number of ketones is 1. The molecule has 8 nitrogen and oxygen atoms in total. The normalized spacial score (nSPS) is 20.8. The molecule has 1 heterocycles. The number of hydrogen-bond donors (Lipinski definition) is 2. The van der Waals surface area contributed by atoms with Gasteiger partial charge in [0, 0.05) is 18.1 Å². The Labute approximate surface area is 253 Å². The molecule has 1 aliphatic carbocycles. The predicted molar refractivity (Wildman–Crippen MR) is 159 cm³/mol. The molecule has 2 fully saturated rings. The van der Waals surface area contributed by atoms with E-state index in [1.807, 2.05) is 26.0 Å². The molecule has 1 aliphatic heterocycles. The number of amides is 3. The first-order chi connectivity index (χ1) is 19.5. The Morgan fingerprint density at radius 1 is 1.05 bits per heavy atom. The summed E-state index contributed by atoms with van der Waals surface area (Å²) < 4.78 is 13.6. The fourth-order valence-electron chi connectivity index (χ4n) is 5.17. The number of carbonyl (C=O) groups excluding carboxylic acids is 4. The van der Waals surface area contributed by atoms with Crippen LogP contribution in [-0.4, -0.2) is 63.0 Å². The molecule has 0 spiro atoms. The van der Waals surface area contributed by atoms with Crippen molar-refractivity contribution in [1.29, 1.82) is 0 Å². The summed E-state index contributed by atoms with van der Waals surface area (Å²) in [6.45, 7) is 5.95. The number of rotatable bonds is 11. The minimum Gasteiger partial charge on any atom is -0.349 e. The van der Waals surface area contributed by atoms with Gasteiger partial charge < -0.3 is 15.5 Å². The van der Waals surface area contributed by atoms with E-state index in [0.29, 0.717) is 34.3 Å². The van der Waals surface area contributed by atoms with Gasteiger partial charge in [0.25, 0.3) is 5.91 Å². The summed E-state index contributed by atoms with van der Waals surface area (Å²) in [5.74, 6) is -2.13. The van der Waals surface area contributed by atoms with Gasteiger partial charge in [0.1, 0.15) is 6.04 Å². The molecule has 2 aliphatic rings. The number of nitrogens with zero attached hydrogens (tertiary/aromatic N) is 1. The van der Waals surface area contributed by atoms with Gasteiger partial charge in [-0.05, 0) is 61.4 Å². The van der Waals surface area contributed by atoms with Crippen LogP contribution in [0.15, 0.2) is 53.4 Å². The van der Waals surface area contributed by atoms with E-state index in [9.17, 15) is 23.4 Å². The first-order valence-electron chi connectivity index (χ1n) is 13.8. The van der Waals surface area contributed by atoms with Crippen molar-refractivity contribution in [3.8, 4) is 0 Å². The second kappa shape index (κ2) is 13.0. The van der Waals surface area contributed by atoms with Gasteiger partial charge in [-0.3, -0.25) is 23.4 Å². The highest BCUT2D eigenvalue weighted by atomic mass is 35.5. The van der Waals surface area contributed by atoms with Crippen LogP contribution < -0.4 is 10.6 Å². The van der Waals surface area contributed by atoms with Gasteiger partial charge >= 0.3 is 0 Å². The van der Waals surface area contributed by atoms with Gasteiger partial charge in [-0.25, -0.2) is 0 Å². The Bertz CT molecular complexity index is 1350. The van der Waals surface area contributed by atoms with Crippen molar-refractivity contribution in [1.82, 2.24) is 15.5 Å². The highest BCUT2D eigenvalue weighted by molar-refractivity contribution is 7.85. The lowest BCUT2D eigenvalue weighted by Gasteiger charge is -2.29. The van der Waals surface area contributed by atoms with Crippen LogP contribution in [0.5, 0.6) is 0 Å². The van der Waals surface area contributed by atoms with E-state index < -0.39 is 51.1 Å². The molecule has 41 heavy (non-hydrogen) atoms. The maximum atomic E-state index is 14.1. The van der Waals surface area contributed by atoms with Crippen molar-refractivity contribution < 1.29 is 23.4 Å². The van der Waals surface area contributed by atoms with Crippen LogP contribution in [0.1, 0.15) is 52.0 Å². The Balaban J connectivity index is 1.59. The van der Waals surface area contributed by atoms with E-state index in [0.717, 1.165) is 5.56 Å². The maximum absolute atomic E-state index is 14.1. The Morgan fingerprint density at radius 2 is 1.71 bits per heavy atom. The molecule has 2 N–H and O–H groups in total. The van der Waals surface area contributed by atoms with E-state index in [-0.39, 0.29) is 31.2 Å². The summed E-state index contributed by atoms with van der Waals surface area (Å²) in [5, 5.41) is 5.65. The molecule has 4 atom stereocenters. The molecule has 2 aromatic carbocycles. The van der Waals surface area contributed by atoms with Gasteiger partial charge in [0.2, 0.25) is 17.6 Å². The summed E-state index contributed by atoms with van der Waals surface area (Å²) in [4.78, 5) is 55.0. The summed E-state index contributed by atoms with van der Waals surface area (Å²) in [6.07, 6.45) is 1.55. The molecule has 0 aromatic heterocycles. The summed E-state index contributed by atoms with van der Waals surface area (Å²) in [7, 11) is -1.59. The molecule has 11 heteroatoms. The second-order valence-corrected chi connectivity index (χ2v) is 13.6. The summed E-state index contributed by atoms with van der Waals surface area (Å²) >= 11 is 12.4. The van der Waals surface area contributed by atoms with E-state index in [1.54, 1.807) is 43.3 Å². The average molecular weight is 621 g/mol. The monoisotopic (exact) mass is 619 g/mol. The largest absolute Gasteiger partial charge is 0.349 e. The molecule has 1 saturated carbocycles. The van der Waals surface area contributed by atoms with Crippen molar-refractivity contribution in [3.05, 3.63) is 64.1 Å². The zero-order valence-electron chi connectivity index (χ0n) is 23.3. The summed E-state index contributed by atoms with van der Waals surface area (Å²) in [5.41, 5.74) is 0.0193. The smallest absolute Gasteiger partial charge is 0.289 e. The van der Waals surface area contributed by atoms with E-state index in [4.69, 9.17) is 23.2 Å². The third-order valence-electron chi connectivity index (χ3n) is 7.67. The van der Waals surface area contributed by atoms with Gasteiger partial charge in [0.15, 0.2) is 0 Å². The number of benzene rings is 2. The number of hydrogen-bond acceptors (Lipinski definition) is 5. The molecule has 1 saturated heterocycles. The van der Waals surface area contributed by atoms with Crippen LogP contribution in [0.2, 0.25) is 10.0 Å². The SMILES string of the molecule is CC[C@H](NC(=O)[C@@H]1C[C@@H](S(=O)c2ccccc2Cl)CN1C(=O)C1(c2ccc(Cl)cc2)CC1)C(=O)C(=O)NCC(C)C. The van der Waals surface area contributed by atoms with Crippen molar-refractivity contribution in [2.45, 2.75) is 74.1 Å². The lowest BCUT2D eigenvalue weighted by Crippen LogP contribution is -2.54. The van der Waals surface area contributed by atoms with Gasteiger partial charge in [-0.1, -0.05) is 68.2 Å². The zero-order valence-corrected chi connectivity index (χ0v) is 25.7. The Kier molecular flexibility index (Phi) is 9.93. The van der Waals surface area contributed by atoms with E-state index in [1.165, 1.54) is 4.90 Å². The fraction of sp³-hybridized carbons (Fsp3) is 0.467. The van der Waals surface area contributed by atoms with Crippen molar-refractivity contribution in [2.75, 3.05) is 13.1 Å². The summed E-state index contributed by atoms with van der Waals surface area (Å²) in [6, 6.07) is 11.9. The minimum absolute atomic E-state index is 0.0870. The van der Waals surface area contributed by atoms with Gasteiger partial charge in [-0.2, -0.15) is 0 Å². The third kappa shape index (κ3) is 6.84. The molecular formula is C30H35Cl2N3O5S. The van der Waals surface area contributed by atoms with Crippen LogP contribution in [0.25, 0.3) is 0 Å². The standard InChI is InChI=1S/C30H35Cl2N3O5S/c1-4-23(26(36)28(38)33-16-18(2)3)34-27(37)24-15-21(41(40)25-8-6-5-7-22(25)32)17-35(24)29(39)30(13-14-30)19-9-11-20(31)12-10-19/h5-12,18,21,23-24H,4,13-17H2,1-3H3,(H,33,38)(H,34,37)/t21-,23+,24+,41?/m1/s1. The lowest BCUT2D eigenvalue weighted by molar-refractivity contribution is -0.143. The molecule has 1 unspecified atom stereocenters. The molecule has 3 amide bonds. The highest BCUT2D eigenvalue weighted by Gasteiger charge is 2.56. The van der Waals surface area contributed by atoms with Gasteiger partial charge in [-0.15, -0.1) is 0 Å². The zero-order chi connectivity index (χ0) is 29.9. The minimum atomic E-state index is -1.59. The lowest BCUT2D eigenvalue weighted by atomic mass is 9.94. The number of Topliss-reactive ketones (excluding diaryl/α,β-unsaturated/α-hetero) is 1. The Hall–Kier alpha value is -2.75. The maximum Gasteiger partial charge on any atom is 0.289 e. The van der Waals surface area contributed by atoms with Crippen LogP contribution in [0.3, 0.4) is 0 Å². The number of carbonyl (C=O) groups is 4. The molecule has 0 bridgehead atoms.